The summed E-state index contributed by atoms with van der Waals surface area (Å²) in [6, 6.07) is 7.67. The highest BCUT2D eigenvalue weighted by atomic mass is 79.9. The normalized spacial score (nSPS) is 14.2. The first-order valence-electron chi connectivity index (χ1n) is 10.7. The van der Waals surface area contributed by atoms with E-state index in [-0.39, 0.29) is 17.0 Å². The van der Waals surface area contributed by atoms with Gasteiger partial charge in [-0.25, -0.2) is 19.6 Å². The van der Waals surface area contributed by atoms with Crippen molar-refractivity contribution in [3.05, 3.63) is 64.6 Å². The molecule has 0 bridgehead atoms. The number of nitrogens with zero attached hydrogens (tertiary/aromatic N) is 8. The number of rotatable bonds is 7. The Bertz CT molecular complexity index is 1130. The molecule has 0 spiro atoms. The zero-order valence-corrected chi connectivity index (χ0v) is 20.8. The molecule has 0 N–H and O–H groups in total. The predicted molar refractivity (Wildman–Crippen MR) is 132 cm³/mol. The number of tetrazole rings is 1. The molecule has 33 heavy (non-hydrogen) atoms. The zero-order chi connectivity index (χ0) is 21.8. The van der Waals surface area contributed by atoms with Crippen molar-refractivity contribution in [3.63, 3.8) is 0 Å². The van der Waals surface area contributed by atoms with Crippen LogP contribution in [0.15, 0.2) is 48.4 Å². The van der Waals surface area contributed by atoms with Crippen LogP contribution < -0.4 is 9.64 Å². The van der Waals surface area contributed by atoms with Gasteiger partial charge in [0.05, 0.1) is 16.4 Å². The molecule has 4 aromatic rings. The Balaban J connectivity index is 0.00000259. The third-order valence-corrected chi connectivity index (χ3v) is 6.69. The average Bonchev–Trinajstić information content (AvgIpc) is 3.56. The van der Waals surface area contributed by atoms with E-state index in [0.717, 1.165) is 55.4 Å². The van der Waals surface area contributed by atoms with Crippen LogP contribution in [0.4, 0.5) is 5.95 Å². The van der Waals surface area contributed by atoms with E-state index in [2.05, 4.69) is 42.7 Å². The first-order chi connectivity index (χ1) is 15.8. The number of aromatic nitrogens is 7. The van der Waals surface area contributed by atoms with E-state index in [9.17, 15) is 0 Å². The van der Waals surface area contributed by atoms with Gasteiger partial charge in [0.1, 0.15) is 18.7 Å². The molecule has 1 aliphatic heterocycles. The SMILES string of the molecule is Br.CCc1cnc(N2CCC(c3nc(COc4ccc(-n5cnnn5)cc4)cs3)CC2)nc1. The van der Waals surface area contributed by atoms with Crippen LogP contribution in [0.25, 0.3) is 5.69 Å². The van der Waals surface area contributed by atoms with Crippen LogP contribution in [0.2, 0.25) is 0 Å². The molecule has 0 radical (unpaired) electrons. The monoisotopic (exact) mass is 528 g/mol. The number of thiazole rings is 1. The van der Waals surface area contributed by atoms with Gasteiger partial charge in [0.15, 0.2) is 0 Å². The van der Waals surface area contributed by atoms with Crippen molar-refractivity contribution >= 4 is 34.3 Å². The Morgan fingerprint density at radius 2 is 1.85 bits per heavy atom. The Morgan fingerprint density at radius 3 is 2.52 bits per heavy atom. The molecular weight excluding hydrogens is 504 g/mol. The van der Waals surface area contributed by atoms with Gasteiger partial charge in [-0.1, -0.05) is 6.92 Å². The fourth-order valence-corrected chi connectivity index (χ4v) is 4.70. The second-order valence-corrected chi connectivity index (χ2v) is 8.61. The summed E-state index contributed by atoms with van der Waals surface area (Å²) >= 11 is 1.73. The maximum absolute atomic E-state index is 5.92. The van der Waals surface area contributed by atoms with E-state index in [1.807, 2.05) is 36.7 Å². The number of benzene rings is 1. The highest BCUT2D eigenvalue weighted by molar-refractivity contribution is 8.93. The number of hydrogen-bond acceptors (Lipinski definition) is 9. The number of ether oxygens (including phenoxy) is 1. The van der Waals surface area contributed by atoms with Gasteiger partial charge in [0.25, 0.3) is 0 Å². The minimum Gasteiger partial charge on any atom is -0.487 e. The molecule has 4 heterocycles. The molecule has 1 fully saturated rings. The standard InChI is InChI=1S/C22H24N8OS.BrH/c1-2-16-11-23-22(24-12-16)29-9-7-17(8-10-29)21-26-18(14-32-21)13-31-20-5-3-19(4-6-20)30-15-25-27-28-30;/h3-6,11-12,14-15,17H,2,7-10,13H2,1H3;1H. The van der Waals surface area contributed by atoms with Crippen LogP contribution in [-0.2, 0) is 13.0 Å². The first-order valence-corrected chi connectivity index (χ1v) is 11.6. The van der Waals surface area contributed by atoms with Crippen molar-refractivity contribution in [2.75, 3.05) is 18.0 Å². The van der Waals surface area contributed by atoms with Gasteiger partial charge in [-0.05, 0) is 59.5 Å². The molecule has 0 aliphatic carbocycles. The lowest BCUT2D eigenvalue weighted by atomic mass is 9.98. The smallest absolute Gasteiger partial charge is 0.225 e. The van der Waals surface area contributed by atoms with Crippen molar-refractivity contribution in [1.82, 2.24) is 35.2 Å². The minimum atomic E-state index is 0. The Kier molecular flexibility index (Phi) is 7.61. The minimum absolute atomic E-state index is 0. The average molecular weight is 529 g/mol. The van der Waals surface area contributed by atoms with Crippen LogP contribution in [0.1, 0.15) is 41.9 Å². The molecule has 0 atom stereocenters. The predicted octanol–water partition coefficient (Wildman–Crippen LogP) is 4.01. The van der Waals surface area contributed by atoms with Crippen molar-refractivity contribution in [2.24, 2.45) is 0 Å². The van der Waals surface area contributed by atoms with Crippen LogP contribution in [0.5, 0.6) is 5.75 Å². The van der Waals surface area contributed by atoms with E-state index in [4.69, 9.17) is 9.72 Å². The summed E-state index contributed by atoms with van der Waals surface area (Å²) in [5, 5.41) is 14.5. The molecule has 11 heteroatoms. The molecule has 1 aromatic carbocycles. The number of piperidine rings is 1. The summed E-state index contributed by atoms with van der Waals surface area (Å²) < 4.78 is 7.52. The van der Waals surface area contributed by atoms with Crippen LogP contribution >= 0.6 is 28.3 Å². The van der Waals surface area contributed by atoms with Gasteiger partial charge in [-0.3, -0.25) is 0 Å². The van der Waals surface area contributed by atoms with E-state index in [1.165, 1.54) is 10.6 Å². The van der Waals surface area contributed by atoms with Crippen molar-refractivity contribution < 1.29 is 4.74 Å². The van der Waals surface area contributed by atoms with Crippen LogP contribution in [-0.4, -0.2) is 48.2 Å². The Morgan fingerprint density at radius 1 is 1.09 bits per heavy atom. The maximum Gasteiger partial charge on any atom is 0.225 e. The molecule has 0 amide bonds. The lowest BCUT2D eigenvalue weighted by Crippen LogP contribution is -2.34. The van der Waals surface area contributed by atoms with Gasteiger partial charge in [0, 0.05) is 36.8 Å². The van der Waals surface area contributed by atoms with E-state index < -0.39 is 0 Å². The molecular formula is C22H25BrN8OS. The summed E-state index contributed by atoms with van der Waals surface area (Å²) in [5.41, 5.74) is 3.02. The second kappa shape index (κ2) is 10.8. The van der Waals surface area contributed by atoms with Gasteiger partial charge >= 0.3 is 0 Å². The summed E-state index contributed by atoms with van der Waals surface area (Å²) in [6.07, 6.45) is 8.51. The van der Waals surface area contributed by atoms with E-state index >= 15 is 0 Å². The fraction of sp³-hybridized carbons (Fsp3) is 0.364. The second-order valence-electron chi connectivity index (χ2n) is 7.72. The molecule has 5 rings (SSSR count). The lowest BCUT2D eigenvalue weighted by Gasteiger charge is -2.31. The summed E-state index contributed by atoms with van der Waals surface area (Å²) in [6.45, 7) is 4.48. The van der Waals surface area contributed by atoms with Crippen LogP contribution in [0.3, 0.4) is 0 Å². The number of hydrogen-bond donors (Lipinski definition) is 0. The van der Waals surface area contributed by atoms with E-state index in [1.54, 1.807) is 22.3 Å². The van der Waals surface area contributed by atoms with Gasteiger partial charge in [-0.2, -0.15) is 0 Å². The summed E-state index contributed by atoms with van der Waals surface area (Å²) in [5.74, 6) is 2.11. The van der Waals surface area contributed by atoms with Gasteiger partial charge in [-0.15, -0.1) is 33.4 Å². The van der Waals surface area contributed by atoms with Crippen molar-refractivity contribution in [1.29, 1.82) is 0 Å². The van der Waals surface area contributed by atoms with Gasteiger partial charge < -0.3 is 9.64 Å². The van der Waals surface area contributed by atoms with Crippen molar-refractivity contribution in [2.45, 2.75) is 38.7 Å². The largest absolute Gasteiger partial charge is 0.487 e. The Hall–Kier alpha value is -2.92. The number of halogens is 1. The fourth-order valence-electron chi connectivity index (χ4n) is 3.73. The third-order valence-electron chi connectivity index (χ3n) is 5.63. The zero-order valence-electron chi connectivity index (χ0n) is 18.2. The molecule has 1 aliphatic rings. The third kappa shape index (κ3) is 5.53. The molecule has 0 unspecified atom stereocenters. The summed E-state index contributed by atoms with van der Waals surface area (Å²) in [4.78, 5) is 16.2. The molecule has 3 aromatic heterocycles. The molecule has 172 valence electrons. The van der Waals surface area contributed by atoms with Gasteiger partial charge in [0.2, 0.25) is 5.95 Å². The highest BCUT2D eigenvalue weighted by Gasteiger charge is 2.24. The maximum atomic E-state index is 5.92. The first kappa shape index (κ1) is 23.2. The Labute approximate surface area is 206 Å². The highest BCUT2D eigenvalue weighted by Crippen LogP contribution is 2.31. The van der Waals surface area contributed by atoms with E-state index in [0.29, 0.717) is 12.5 Å². The van der Waals surface area contributed by atoms with Crippen molar-refractivity contribution in [3.8, 4) is 11.4 Å². The number of anilines is 1. The summed E-state index contributed by atoms with van der Waals surface area (Å²) in [7, 11) is 0. The van der Waals surface area contributed by atoms with Crippen LogP contribution in [0, 0.1) is 0 Å². The molecule has 9 nitrogen and oxygen atoms in total. The topological polar surface area (TPSA) is 94.7 Å². The lowest BCUT2D eigenvalue weighted by molar-refractivity contribution is 0.301. The number of aryl methyl sites for hydroxylation is 1. The molecule has 1 saturated heterocycles. The molecule has 0 saturated carbocycles. The quantitative estimate of drug-likeness (QED) is 0.355.